The number of amides is 1. The maximum Gasteiger partial charge on any atom is 0.253 e. The number of nitrogens with zero attached hydrogens (tertiary/aromatic N) is 3. The van der Waals surface area contributed by atoms with Crippen LogP contribution in [0, 0.1) is 13.8 Å². The molecule has 0 aliphatic carbocycles. The van der Waals surface area contributed by atoms with Crippen LogP contribution in [0.4, 0.5) is 0 Å². The topological polar surface area (TPSA) is 47.4 Å². The van der Waals surface area contributed by atoms with Crippen molar-refractivity contribution in [2.24, 2.45) is 0 Å². The monoisotopic (exact) mass is 411 g/mol. The number of rotatable bonds is 7. The number of aryl methyl sites for hydroxylation is 3. The van der Waals surface area contributed by atoms with E-state index < -0.39 is 0 Å². The lowest BCUT2D eigenvalue weighted by Crippen LogP contribution is -2.27. The molecule has 0 bridgehead atoms. The normalized spacial score (nSPS) is 10.8. The van der Waals surface area contributed by atoms with Crippen LogP contribution in [0.25, 0.3) is 0 Å². The van der Waals surface area contributed by atoms with Crippen molar-refractivity contribution in [2.45, 2.75) is 40.5 Å². The van der Waals surface area contributed by atoms with Crippen molar-refractivity contribution in [3.63, 3.8) is 0 Å². The summed E-state index contributed by atoms with van der Waals surface area (Å²) < 4.78 is 7.78. The molecule has 2 aromatic carbocycles. The predicted molar refractivity (Wildman–Crippen MR) is 115 cm³/mol. The molecule has 1 heterocycles. The van der Waals surface area contributed by atoms with Gasteiger partial charge in [0.15, 0.2) is 0 Å². The highest BCUT2D eigenvalue weighted by atomic mass is 35.5. The van der Waals surface area contributed by atoms with Gasteiger partial charge >= 0.3 is 0 Å². The van der Waals surface area contributed by atoms with Crippen LogP contribution >= 0.6 is 11.6 Å². The number of hydrogen-bond acceptors (Lipinski definition) is 3. The third-order valence-electron chi connectivity index (χ3n) is 4.87. The third-order valence-corrected chi connectivity index (χ3v) is 5.46. The van der Waals surface area contributed by atoms with Crippen molar-refractivity contribution >= 4 is 17.5 Å². The van der Waals surface area contributed by atoms with Crippen LogP contribution in [0.5, 0.6) is 5.75 Å². The molecule has 0 fully saturated rings. The Hall–Kier alpha value is -2.79. The maximum atomic E-state index is 12.7. The number of carbonyl (C=O) groups excluding carboxylic acids is 1. The summed E-state index contributed by atoms with van der Waals surface area (Å²) in [6.07, 6.45) is 1.76. The van der Waals surface area contributed by atoms with Gasteiger partial charge in [0.1, 0.15) is 12.4 Å². The Morgan fingerprint density at radius 2 is 1.79 bits per heavy atom. The van der Waals surface area contributed by atoms with Gasteiger partial charge in [-0.2, -0.15) is 5.10 Å². The molecule has 0 atom stereocenters. The summed E-state index contributed by atoms with van der Waals surface area (Å²) in [6.45, 7) is 7.70. The molecule has 5 nitrogen and oxygen atoms in total. The van der Waals surface area contributed by atoms with Gasteiger partial charge in [-0.15, -0.1) is 0 Å². The van der Waals surface area contributed by atoms with E-state index in [9.17, 15) is 4.79 Å². The Morgan fingerprint density at radius 3 is 2.41 bits per heavy atom. The van der Waals surface area contributed by atoms with E-state index in [1.165, 1.54) is 0 Å². The molecule has 0 radical (unpaired) electrons. The average Bonchev–Trinajstić information content (AvgIpc) is 3.17. The Bertz CT molecular complexity index is 973. The fraction of sp³-hybridized carbons (Fsp3) is 0.304. The van der Waals surface area contributed by atoms with Crippen molar-refractivity contribution in [2.75, 3.05) is 7.05 Å². The Morgan fingerprint density at radius 1 is 1.14 bits per heavy atom. The second kappa shape index (κ2) is 9.14. The van der Waals surface area contributed by atoms with Gasteiger partial charge in [0, 0.05) is 30.4 Å². The lowest BCUT2D eigenvalue weighted by Gasteiger charge is -2.18. The number of carbonyl (C=O) groups is 1. The summed E-state index contributed by atoms with van der Waals surface area (Å²) in [5, 5.41) is 5.02. The quantitative estimate of drug-likeness (QED) is 0.548. The molecule has 0 unspecified atom stereocenters. The zero-order chi connectivity index (χ0) is 21.0. The summed E-state index contributed by atoms with van der Waals surface area (Å²) in [5.41, 5.74) is 4.66. The molecule has 3 aromatic rings. The van der Waals surface area contributed by atoms with Gasteiger partial charge in [0.05, 0.1) is 12.2 Å². The molecule has 29 heavy (non-hydrogen) atoms. The summed E-state index contributed by atoms with van der Waals surface area (Å²) in [5.74, 6) is 0.766. The van der Waals surface area contributed by atoms with E-state index in [2.05, 4.69) is 5.10 Å². The van der Waals surface area contributed by atoms with E-state index >= 15 is 0 Å². The number of benzene rings is 2. The lowest BCUT2D eigenvalue weighted by atomic mass is 10.1. The molecule has 1 aromatic heterocycles. The Labute approximate surface area is 176 Å². The fourth-order valence-electron chi connectivity index (χ4n) is 3.21. The smallest absolute Gasteiger partial charge is 0.253 e. The van der Waals surface area contributed by atoms with Gasteiger partial charge in [-0.1, -0.05) is 23.7 Å². The fourth-order valence-corrected chi connectivity index (χ4v) is 3.32. The third kappa shape index (κ3) is 4.98. The number of halogens is 1. The van der Waals surface area contributed by atoms with Crippen molar-refractivity contribution in [3.8, 4) is 5.75 Å². The number of aromatic nitrogens is 2. The van der Waals surface area contributed by atoms with Crippen LogP contribution in [0.3, 0.4) is 0 Å². The predicted octanol–water partition coefficient (Wildman–Crippen LogP) is 5.02. The molecule has 6 heteroatoms. The second-order valence-corrected chi connectivity index (χ2v) is 7.53. The first-order chi connectivity index (χ1) is 13.9. The molecule has 0 N–H and O–H groups in total. The first kappa shape index (κ1) is 20.9. The van der Waals surface area contributed by atoms with E-state index in [1.54, 1.807) is 18.1 Å². The van der Waals surface area contributed by atoms with Crippen molar-refractivity contribution in [1.29, 1.82) is 0 Å². The molecular weight excluding hydrogens is 386 g/mol. The van der Waals surface area contributed by atoms with Crippen molar-refractivity contribution in [1.82, 2.24) is 14.7 Å². The molecule has 0 spiro atoms. The summed E-state index contributed by atoms with van der Waals surface area (Å²) in [7, 11) is 1.80. The molecule has 0 saturated carbocycles. The molecular formula is C23H26ClN3O2. The highest BCUT2D eigenvalue weighted by Crippen LogP contribution is 2.26. The standard InChI is InChI=1S/C23H26ClN3O2/c1-5-27-20(10-11-25-27)14-26(4)23(28)19-8-6-18(7-9-19)15-29-21-12-16(2)22(24)17(3)13-21/h6-13H,5,14-15H2,1-4H3. The van der Waals surface area contributed by atoms with Gasteiger partial charge in [-0.05, 0) is 67.8 Å². The zero-order valence-corrected chi connectivity index (χ0v) is 18.0. The van der Waals surface area contributed by atoms with E-state index in [0.717, 1.165) is 39.7 Å². The van der Waals surface area contributed by atoms with Crippen LogP contribution in [0.1, 0.15) is 39.7 Å². The Balaban J connectivity index is 1.61. The minimum atomic E-state index is -0.0229. The Kier molecular flexibility index (Phi) is 6.60. The SMILES string of the molecule is CCn1nccc1CN(C)C(=O)c1ccc(COc2cc(C)c(Cl)c(C)c2)cc1. The first-order valence-corrected chi connectivity index (χ1v) is 10.0. The maximum absolute atomic E-state index is 12.7. The van der Waals surface area contributed by atoms with Gasteiger partial charge in [-0.3, -0.25) is 9.48 Å². The van der Waals surface area contributed by atoms with Crippen molar-refractivity contribution in [3.05, 3.63) is 81.6 Å². The first-order valence-electron chi connectivity index (χ1n) is 9.63. The molecule has 152 valence electrons. The van der Waals surface area contributed by atoms with E-state index in [-0.39, 0.29) is 5.91 Å². The highest BCUT2D eigenvalue weighted by molar-refractivity contribution is 6.32. The largest absolute Gasteiger partial charge is 0.489 e. The van der Waals surface area contributed by atoms with E-state index in [0.29, 0.717) is 18.7 Å². The number of hydrogen-bond donors (Lipinski definition) is 0. The van der Waals surface area contributed by atoms with E-state index in [1.807, 2.05) is 67.9 Å². The van der Waals surface area contributed by atoms with Crippen molar-refractivity contribution < 1.29 is 9.53 Å². The van der Waals surface area contributed by atoms with Crippen LogP contribution in [0.15, 0.2) is 48.7 Å². The van der Waals surface area contributed by atoms with Gasteiger partial charge in [-0.25, -0.2) is 0 Å². The molecule has 0 aliphatic rings. The molecule has 1 amide bonds. The minimum absolute atomic E-state index is 0.0229. The summed E-state index contributed by atoms with van der Waals surface area (Å²) in [4.78, 5) is 14.4. The summed E-state index contributed by atoms with van der Waals surface area (Å²) in [6, 6.07) is 13.3. The van der Waals surface area contributed by atoms with Gasteiger partial charge in [0.25, 0.3) is 5.91 Å². The molecule has 3 rings (SSSR count). The van der Waals surface area contributed by atoms with Crippen LogP contribution in [-0.4, -0.2) is 27.6 Å². The molecule has 0 aliphatic heterocycles. The highest BCUT2D eigenvalue weighted by Gasteiger charge is 2.14. The zero-order valence-electron chi connectivity index (χ0n) is 17.3. The average molecular weight is 412 g/mol. The lowest BCUT2D eigenvalue weighted by molar-refractivity contribution is 0.0781. The van der Waals surface area contributed by atoms with Crippen LogP contribution < -0.4 is 4.74 Å². The van der Waals surface area contributed by atoms with E-state index in [4.69, 9.17) is 16.3 Å². The molecule has 0 saturated heterocycles. The number of ether oxygens (including phenoxy) is 1. The van der Waals surface area contributed by atoms with Gasteiger partial charge < -0.3 is 9.64 Å². The van der Waals surface area contributed by atoms with Gasteiger partial charge in [0.2, 0.25) is 0 Å². The van der Waals surface area contributed by atoms with Crippen LogP contribution in [-0.2, 0) is 19.7 Å². The summed E-state index contributed by atoms with van der Waals surface area (Å²) >= 11 is 6.20. The van der Waals surface area contributed by atoms with Crippen LogP contribution in [0.2, 0.25) is 5.02 Å². The minimum Gasteiger partial charge on any atom is -0.489 e. The second-order valence-electron chi connectivity index (χ2n) is 7.16.